The number of pyridine rings is 1. The fraction of sp³-hybridized carbons (Fsp3) is 0.609. The number of aryl methyl sites for hydroxylation is 1. The molecule has 0 aromatic carbocycles. The Labute approximate surface area is 174 Å². The summed E-state index contributed by atoms with van der Waals surface area (Å²) in [5, 5.41) is 7.60. The molecule has 1 aliphatic rings. The van der Waals surface area contributed by atoms with Crippen molar-refractivity contribution in [1.29, 1.82) is 0 Å². The molecule has 1 N–H and O–H groups in total. The van der Waals surface area contributed by atoms with Gasteiger partial charge in [0, 0.05) is 18.4 Å². The molecule has 2 aromatic rings. The molecule has 0 bridgehead atoms. The normalized spacial score (nSPS) is 20.6. The van der Waals surface area contributed by atoms with E-state index < -0.39 is 0 Å². The number of hydrogen-bond donors (Lipinski definition) is 1. The van der Waals surface area contributed by atoms with Crippen LogP contribution in [0.3, 0.4) is 0 Å². The largest absolute Gasteiger partial charge is 0.354 e. The van der Waals surface area contributed by atoms with Crippen LogP contribution >= 0.6 is 0 Å². The number of aromatic nitrogens is 3. The minimum atomic E-state index is 0.0531. The van der Waals surface area contributed by atoms with Gasteiger partial charge in [-0.3, -0.25) is 14.5 Å². The summed E-state index contributed by atoms with van der Waals surface area (Å²) in [6.07, 6.45) is 6.55. The molecule has 1 atom stereocenters. The van der Waals surface area contributed by atoms with Crippen molar-refractivity contribution < 1.29 is 4.79 Å². The summed E-state index contributed by atoms with van der Waals surface area (Å²) >= 11 is 0. The highest BCUT2D eigenvalue weighted by Crippen LogP contribution is 2.38. The maximum atomic E-state index is 12.4. The van der Waals surface area contributed by atoms with Crippen LogP contribution in [-0.4, -0.2) is 46.2 Å². The average Bonchev–Trinajstić information content (AvgIpc) is 2.95. The van der Waals surface area contributed by atoms with Gasteiger partial charge in [0.1, 0.15) is 6.54 Å². The van der Waals surface area contributed by atoms with Crippen LogP contribution in [0.4, 0.5) is 0 Å². The van der Waals surface area contributed by atoms with Gasteiger partial charge in [0.25, 0.3) is 0 Å². The second-order valence-corrected chi connectivity index (χ2v) is 8.70. The monoisotopic (exact) mass is 397 g/mol. The molecule has 2 heterocycles. The zero-order chi connectivity index (χ0) is 21.0. The Morgan fingerprint density at radius 2 is 1.93 bits per heavy atom. The van der Waals surface area contributed by atoms with Crippen LogP contribution in [0, 0.1) is 32.6 Å². The third-order valence-electron chi connectivity index (χ3n) is 6.51. The van der Waals surface area contributed by atoms with Gasteiger partial charge in [-0.1, -0.05) is 6.07 Å². The highest BCUT2D eigenvalue weighted by molar-refractivity contribution is 5.75. The Bertz CT molecular complexity index is 806. The van der Waals surface area contributed by atoms with Gasteiger partial charge < -0.3 is 10.2 Å². The van der Waals surface area contributed by atoms with Gasteiger partial charge in [-0.05, 0) is 90.1 Å². The number of nitrogens with zero attached hydrogens (tertiary/aromatic N) is 4. The third-order valence-corrected chi connectivity index (χ3v) is 6.51. The predicted octanol–water partition coefficient (Wildman–Crippen LogP) is 3.43. The summed E-state index contributed by atoms with van der Waals surface area (Å²) in [4.78, 5) is 19.3. The number of nitrogens with one attached hydrogen (secondary N) is 1. The molecule has 1 aliphatic carbocycles. The summed E-state index contributed by atoms with van der Waals surface area (Å²) in [6.45, 7) is 7.13. The van der Waals surface area contributed by atoms with Crippen molar-refractivity contribution in [3.63, 3.8) is 0 Å². The maximum Gasteiger partial charge on any atom is 0.241 e. The first-order chi connectivity index (χ1) is 13.9. The molecule has 0 radical (unpaired) electrons. The van der Waals surface area contributed by atoms with Crippen molar-refractivity contribution >= 4 is 5.91 Å². The van der Waals surface area contributed by atoms with Crippen molar-refractivity contribution in [3.05, 3.63) is 47.0 Å². The molecule has 158 valence electrons. The molecule has 1 saturated carbocycles. The van der Waals surface area contributed by atoms with Crippen molar-refractivity contribution in [1.82, 2.24) is 25.0 Å². The molecule has 0 spiro atoms. The van der Waals surface area contributed by atoms with Crippen LogP contribution in [0.2, 0.25) is 0 Å². The first-order valence-corrected chi connectivity index (χ1v) is 10.7. The molecule has 1 amide bonds. The van der Waals surface area contributed by atoms with Crippen LogP contribution in [0.5, 0.6) is 0 Å². The second kappa shape index (κ2) is 9.53. The van der Waals surface area contributed by atoms with Gasteiger partial charge in [0.2, 0.25) is 5.91 Å². The molecule has 1 fully saturated rings. The molecule has 6 heteroatoms. The van der Waals surface area contributed by atoms with Crippen molar-refractivity contribution in [3.8, 4) is 0 Å². The molecule has 1 unspecified atom stereocenters. The van der Waals surface area contributed by atoms with Gasteiger partial charge in [0.15, 0.2) is 0 Å². The van der Waals surface area contributed by atoms with E-state index in [0.717, 1.165) is 36.5 Å². The minimum absolute atomic E-state index is 0.0531. The van der Waals surface area contributed by atoms with E-state index in [2.05, 4.69) is 53.5 Å². The van der Waals surface area contributed by atoms with Crippen LogP contribution in [0.1, 0.15) is 54.4 Å². The molecule has 29 heavy (non-hydrogen) atoms. The Kier molecular flexibility index (Phi) is 7.06. The van der Waals surface area contributed by atoms with Crippen molar-refractivity contribution in [2.75, 3.05) is 20.6 Å². The lowest BCUT2D eigenvalue weighted by Gasteiger charge is -2.37. The van der Waals surface area contributed by atoms with E-state index in [1.807, 2.05) is 30.8 Å². The lowest BCUT2D eigenvalue weighted by molar-refractivity contribution is -0.122. The van der Waals surface area contributed by atoms with Gasteiger partial charge >= 0.3 is 0 Å². The molecular weight excluding hydrogens is 362 g/mol. The maximum absolute atomic E-state index is 12.4. The minimum Gasteiger partial charge on any atom is -0.354 e. The average molecular weight is 398 g/mol. The first kappa shape index (κ1) is 21.5. The standard InChI is InChI=1S/C23H35N5O/c1-16-17(2)26-28(18(16)3)15-22(29)25-14-19-9-11-20(12-10-19)23(27(4)5)21-8-6-7-13-24-21/h6-8,13,19-20,23H,9-12,14-15H2,1-5H3,(H,25,29). The molecule has 0 saturated heterocycles. The quantitative estimate of drug-likeness (QED) is 0.777. The smallest absolute Gasteiger partial charge is 0.241 e. The van der Waals surface area contributed by atoms with Gasteiger partial charge in [-0.2, -0.15) is 5.10 Å². The fourth-order valence-corrected chi connectivity index (χ4v) is 4.58. The molecule has 3 rings (SSSR count). The second-order valence-electron chi connectivity index (χ2n) is 8.70. The summed E-state index contributed by atoms with van der Waals surface area (Å²) in [6, 6.07) is 6.55. The van der Waals surface area contributed by atoms with Crippen LogP contribution in [-0.2, 0) is 11.3 Å². The summed E-state index contributed by atoms with van der Waals surface area (Å²) in [5.41, 5.74) is 4.40. The first-order valence-electron chi connectivity index (χ1n) is 10.7. The number of carbonyl (C=O) groups excluding carboxylic acids is 1. The van der Waals surface area contributed by atoms with Crippen LogP contribution in [0.15, 0.2) is 24.4 Å². The topological polar surface area (TPSA) is 63.1 Å². The summed E-state index contributed by atoms with van der Waals surface area (Å²) < 4.78 is 1.81. The van der Waals surface area contributed by atoms with E-state index in [9.17, 15) is 4.79 Å². The number of carbonyl (C=O) groups is 1. The summed E-state index contributed by atoms with van der Waals surface area (Å²) in [7, 11) is 4.29. The lowest BCUT2D eigenvalue weighted by Crippen LogP contribution is -2.36. The zero-order valence-electron chi connectivity index (χ0n) is 18.5. The number of rotatable bonds is 7. The Hall–Kier alpha value is -2.21. The Morgan fingerprint density at radius 3 is 2.48 bits per heavy atom. The van der Waals surface area contributed by atoms with Crippen molar-refractivity contribution in [2.45, 2.75) is 59.0 Å². The van der Waals surface area contributed by atoms with Gasteiger partial charge in [-0.25, -0.2) is 0 Å². The van der Waals surface area contributed by atoms with E-state index in [-0.39, 0.29) is 5.91 Å². The van der Waals surface area contributed by atoms with E-state index in [0.29, 0.717) is 24.4 Å². The van der Waals surface area contributed by atoms with E-state index >= 15 is 0 Å². The summed E-state index contributed by atoms with van der Waals surface area (Å²) in [5.74, 6) is 1.23. The third kappa shape index (κ3) is 5.24. The van der Waals surface area contributed by atoms with Gasteiger partial charge in [0.05, 0.1) is 17.4 Å². The van der Waals surface area contributed by atoms with Crippen LogP contribution < -0.4 is 5.32 Å². The number of amides is 1. The van der Waals surface area contributed by atoms with E-state index in [1.54, 1.807) is 0 Å². The van der Waals surface area contributed by atoms with Crippen LogP contribution in [0.25, 0.3) is 0 Å². The molecule has 2 aromatic heterocycles. The Balaban J connectivity index is 1.48. The molecular formula is C23H35N5O. The van der Waals surface area contributed by atoms with Crippen molar-refractivity contribution in [2.24, 2.45) is 11.8 Å². The Morgan fingerprint density at radius 1 is 1.21 bits per heavy atom. The predicted molar refractivity (Wildman–Crippen MR) is 116 cm³/mol. The fourth-order valence-electron chi connectivity index (χ4n) is 4.58. The molecule has 6 nitrogen and oxygen atoms in total. The zero-order valence-corrected chi connectivity index (χ0v) is 18.5. The number of hydrogen-bond acceptors (Lipinski definition) is 4. The molecule has 0 aliphatic heterocycles. The highest BCUT2D eigenvalue weighted by Gasteiger charge is 2.30. The lowest BCUT2D eigenvalue weighted by atomic mass is 9.77. The SMILES string of the molecule is Cc1nn(CC(=O)NCC2CCC(C(c3ccccn3)N(C)C)CC2)c(C)c1C. The van der Waals surface area contributed by atoms with E-state index in [4.69, 9.17) is 0 Å². The highest BCUT2D eigenvalue weighted by atomic mass is 16.2. The van der Waals surface area contributed by atoms with E-state index in [1.165, 1.54) is 18.4 Å². The van der Waals surface area contributed by atoms with Gasteiger partial charge in [-0.15, -0.1) is 0 Å².